The zero-order chi connectivity index (χ0) is 13.6. The second kappa shape index (κ2) is 4.43. The summed E-state index contributed by atoms with van der Waals surface area (Å²) in [5.41, 5.74) is -0.348. The van der Waals surface area contributed by atoms with Crippen LogP contribution in [-0.4, -0.2) is 13.9 Å². The number of aromatic nitrogens is 3. The highest BCUT2D eigenvalue weighted by atomic mass is 35.5. The van der Waals surface area contributed by atoms with Crippen molar-refractivity contribution in [3.63, 3.8) is 0 Å². The minimum absolute atomic E-state index is 0.303. The van der Waals surface area contributed by atoms with Gasteiger partial charge in [-0.3, -0.25) is 0 Å². The van der Waals surface area contributed by atoms with Gasteiger partial charge < -0.3 is 0 Å². The first-order valence-electron chi connectivity index (χ1n) is 5.62. The van der Waals surface area contributed by atoms with Crippen molar-refractivity contribution in [1.29, 1.82) is 0 Å². The van der Waals surface area contributed by atoms with E-state index in [2.05, 4.69) is 0 Å². The van der Waals surface area contributed by atoms with Crippen LogP contribution in [0.3, 0.4) is 0 Å². The Hall–Kier alpha value is -1.72. The Morgan fingerprint density at radius 3 is 2.00 bits per heavy atom. The highest BCUT2D eigenvalue weighted by Gasteiger charge is 2.17. The van der Waals surface area contributed by atoms with E-state index in [1.54, 1.807) is 12.1 Å². The van der Waals surface area contributed by atoms with Crippen molar-refractivity contribution in [2.75, 3.05) is 0 Å². The highest BCUT2D eigenvalue weighted by Crippen LogP contribution is 2.23. The molecule has 1 aliphatic rings. The first kappa shape index (κ1) is 12.3. The van der Waals surface area contributed by atoms with Crippen LogP contribution in [-0.2, 0) is 13.1 Å². The van der Waals surface area contributed by atoms with E-state index in [4.69, 9.17) is 23.2 Å². The van der Waals surface area contributed by atoms with Gasteiger partial charge in [-0.15, -0.1) is 0 Å². The second-order valence-corrected chi connectivity index (χ2v) is 4.95. The van der Waals surface area contributed by atoms with Crippen LogP contribution in [0, 0.1) is 0 Å². The van der Waals surface area contributed by atoms with E-state index in [1.807, 2.05) is 12.2 Å². The Balaban J connectivity index is 2.27. The lowest BCUT2D eigenvalue weighted by Crippen LogP contribution is -2.28. The molecule has 0 fully saturated rings. The molecule has 1 aliphatic heterocycles. The fraction of sp³-hybridized carbons (Fsp3) is 0.167. The van der Waals surface area contributed by atoms with Crippen LogP contribution in [0.4, 0.5) is 0 Å². The molecule has 0 saturated carbocycles. The molecular formula is C12H9Cl2N3O2. The molecule has 7 heteroatoms. The molecule has 2 aromatic rings. The summed E-state index contributed by atoms with van der Waals surface area (Å²) >= 11 is 11.8. The number of halogens is 2. The number of nitrogens with zero attached hydrogens (tertiary/aromatic N) is 3. The third-order valence-electron chi connectivity index (χ3n) is 3.00. The molecule has 3 rings (SSSR count). The molecule has 1 aromatic heterocycles. The molecule has 5 nitrogen and oxygen atoms in total. The molecule has 19 heavy (non-hydrogen) atoms. The number of hydrogen-bond donors (Lipinski definition) is 0. The molecule has 0 radical (unpaired) electrons. The van der Waals surface area contributed by atoms with Crippen molar-refractivity contribution < 1.29 is 0 Å². The van der Waals surface area contributed by atoms with Crippen LogP contribution in [0.15, 0.2) is 39.9 Å². The fourth-order valence-corrected chi connectivity index (χ4v) is 2.36. The van der Waals surface area contributed by atoms with E-state index in [-0.39, 0.29) is 11.4 Å². The molecule has 0 atom stereocenters. The van der Waals surface area contributed by atoms with Crippen molar-refractivity contribution in [2.45, 2.75) is 13.1 Å². The molecule has 0 saturated heterocycles. The van der Waals surface area contributed by atoms with Crippen molar-refractivity contribution >= 4 is 23.2 Å². The highest BCUT2D eigenvalue weighted by molar-refractivity contribution is 6.42. The summed E-state index contributed by atoms with van der Waals surface area (Å²) in [6, 6.07) is 4.66. The van der Waals surface area contributed by atoms with Crippen molar-refractivity contribution in [3.8, 4) is 5.69 Å². The summed E-state index contributed by atoms with van der Waals surface area (Å²) < 4.78 is 3.88. The minimum atomic E-state index is -0.382. The average Bonchev–Trinajstić information content (AvgIpc) is 2.66. The van der Waals surface area contributed by atoms with Gasteiger partial charge in [0.2, 0.25) is 0 Å². The Labute approximate surface area is 117 Å². The van der Waals surface area contributed by atoms with Crippen molar-refractivity contribution in [2.24, 2.45) is 0 Å². The quantitative estimate of drug-likeness (QED) is 0.752. The number of allylic oxidation sites excluding steroid dienone is 2. The molecular weight excluding hydrogens is 289 g/mol. The third kappa shape index (κ3) is 1.86. The van der Waals surface area contributed by atoms with Crippen LogP contribution in [0.5, 0.6) is 0 Å². The Morgan fingerprint density at radius 1 is 0.895 bits per heavy atom. The summed E-state index contributed by atoms with van der Waals surface area (Å²) in [6.07, 6.45) is 3.69. The Morgan fingerprint density at radius 2 is 1.47 bits per heavy atom. The average molecular weight is 298 g/mol. The molecule has 0 bridgehead atoms. The summed E-state index contributed by atoms with van der Waals surface area (Å²) in [4.78, 5) is 24.5. The van der Waals surface area contributed by atoms with Gasteiger partial charge in [0.05, 0.1) is 28.8 Å². The van der Waals surface area contributed by atoms with Crippen LogP contribution in [0.1, 0.15) is 0 Å². The summed E-state index contributed by atoms with van der Waals surface area (Å²) in [5.74, 6) is 0. The van der Waals surface area contributed by atoms with Gasteiger partial charge in [0.1, 0.15) is 0 Å². The topological polar surface area (TPSA) is 48.9 Å². The van der Waals surface area contributed by atoms with Crippen molar-refractivity contribution in [3.05, 3.63) is 61.4 Å². The smallest absolute Gasteiger partial charge is 0.245 e. The summed E-state index contributed by atoms with van der Waals surface area (Å²) in [7, 11) is 0. The van der Waals surface area contributed by atoms with E-state index in [9.17, 15) is 9.59 Å². The van der Waals surface area contributed by atoms with Crippen LogP contribution in [0.2, 0.25) is 10.0 Å². The van der Waals surface area contributed by atoms with Gasteiger partial charge in [0, 0.05) is 0 Å². The summed E-state index contributed by atoms with van der Waals surface area (Å²) in [6.45, 7) is 0.783. The Bertz CT molecular complexity index is 759. The van der Waals surface area contributed by atoms with Crippen LogP contribution < -0.4 is 11.4 Å². The first-order chi connectivity index (χ1) is 9.09. The molecule has 0 unspecified atom stereocenters. The number of benzene rings is 1. The second-order valence-electron chi connectivity index (χ2n) is 4.13. The van der Waals surface area contributed by atoms with Gasteiger partial charge in [-0.2, -0.15) is 0 Å². The lowest BCUT2D eigenvalue weighted by Gasteiger charge is -2.08. The van der Waals surface area contributed by atoms with Gasteiger partial charge >= 0.3 is 11.4 Å². The zero-order valence-electron chi connectivity index (χ0n) is 9.72. The minimum Gasteiger partial charge on any atom is -0.245 e. The maximum atomic E-state index is 12.2. The lowest BCUT2D eigenvalue weighted by atomic mass is 10.3. The van der Waals surface area contributed by atoms with Gasteiger partial charge in [-0.1, -0.05) is 35.4 Å². The van der Waals surface area contributed by atoms with Crippen LogP contribution in [0.25, 0.3) is 5.69 Å². The fourth-order valence-electron chi connectivity index (χ4n) is 2.07. The monoisotopic (exact) mass is 297 g/mol. The molecule has 98 valence electrons. The molecule has 2 heterocycles. The van der Waals surface area contributed by atoms with E-state index in [0.717, 1.165) is 4.57 Å². The van der Waals surface area contributed by atoms with Gasteiger partial charge in [-0.25, -0.2) is 23.5 Å². The van der Waals surface area contributed by atoms with Crippen molar-refractivity contribution in [1.82, 2.24) is 13.9 Å². The van der Waals surface area contributed by atoms with Gasteiger partial charge in [-0.05, 0) is 18.2 Å². The first-order valence-corrected chi connectivity index (χ1v) is 6.38. The molecule has 0 aliphatic carbocycles. The lowest BCUT2D eigenvalue weighted by molar-refractivity contribution is 0.482. The molecule has 0 spiro atoms. The van der Waals surface area contributed by atoms with Gasteiger partial charge in [0.15, 0.2) is 0 Å². The number of fused-ring (bicyclic) bond motifs is 1. The normalized spacial score (nSPS) is 13.6. The Kier molecular flexibility index (Phi) is 2.88. The zero-order valence-corrected chi connectivity index (χ0v) is 11.2. The predicted octanol–water partition coefficient (Wildman–Crippen LogP) is 1.68. The third-order valence-corrected chi connectivity index (χ3v) is 3.74. The maximum Gasteiger partial charge on any atom is 0.352 e. The van der Waals surface area contributed by atoms with E-state index < -0.39 is 0 Å². The van der Waals surface area contributed by atoms with Crippen LogP contribution >= 0.6 is 23.2 Å². The molecule has 1 aromatic carbocycles. The van der Waals surface area contributed by atoms with Gasteiger partial charge in [0.25, 0.3) is 0 Å². The van der Waals surface area contributed by atoms with E-state index in [0.29, 0.717) is 28.8 Å². The number of hydrogen-bond acceptors (Lipinski definition) is 2. The van der Waals surface area contributed by atoms with E-state index >= 15 is 0 Å². The number of rotatable bonds is 1. The standard InChI is InChI=1S/C12H9Cl2N3O2/c13-9-4-3-8(7-10(9)14)17-11(18)15-5-1-2-6-16(15)12(17)19/h1-4,7H,5-6H2. The molecule has 0 amide bonds. The van der Waals surface area contributed by atoms with E-state index in [1.165, 1.54) is 15.4 Å². The maximum absolute atomic E-state index is 12.2. The molecule has 0 N–H and O–H groups in total. The largest absolute Gasteiger partial charge is 0.352 e. The summed E-state index contributed by atoms with van der Waals surface area (Å²) in [5, 5.41) is 0.682. The predicted molar refractivity (Wildman–Crippen MR) is 73.4 cm³/mol. The SMILES string of the molecule is O=c1n(-c2ccc(Cl)c(Cl)c2)c(=O)n2n1CC=CC2.